The number of thioether (sulfide) groups is 1. The predicted molar refractivity (Wildman–Crippen MR) is 109 cm³/mol. The average molecular weight is 437 g/mol. The molecule has 0 aliphatic carbocycles. The molecule has 3 rings (SSSR count). The number of nitrogens with one attached hydrogen (secondary N) is 1. The summed E-state index contributed by atoms with van der Waals surface area (Å²) in [5, 5.41) is 6.51. The van der Waals surface area contributed by atoms with Crippen molar-refractivity contribution in [1.82, 2.24) is 5.32 Å². The van der Waals surface area contributed by atoms with Gasteiger partial charge in [0.1, 0.15) is 18.5 Å². The first-order valence-electron chi connectivity index (χ1n) is 8.70. The highest BCUT2D eigenvalue weighted by Crippen LogP contribution is 2.25. The van der Waals surface area contributed by atoms with E-state index in [1.165, 1.54) is 0 Å². The third kappa shape index (κ3) is 6.29. The lowest BCUT2D eigenvalue weighted by molar-refractivity contribution is -0.118. The number of carbonyl (C=O) groups excluding carboxylic acids is 2. The van der Waals surface area contributed by atoms with E-state index in [0.717, 1.165) is 22.9 Å². The lowest BCUT2D eigenvalue weighted by Crippen LogP contribution is -2.25. The van der Waals surface area contributed by atoms with Crippen molar-refractivity contribution in [2.75, 3.05) is 6.61 Å². The topological polar surface area (TPSA) is 125 Å². The molecule has 0 bridgehead atoms. The van der Waals surface area contributed by atoms with Crippen LogP contribution in [0.2, 0.25) is 0 Å². The molecular formula is C19H20N2O6S2. The van der Waals surface area contributed by atoms with Crippen LogP contribution in [0.15, 0.2) is 48.5 Å². The van der Waals surface area contributed by atoms with E-state index in [1.807, 2.05) is 13.0 Å². The van der Waals surface area contributed by atoms with Crippen LogP contribution in [0, 0.1) is 6.92 Å². The molecule has 1 heterocycles. The Bertz CT molecular complexity index is 1010. The Morgan fingerprint density at radius 1 is 1.17 bits per heavy atom. The van der Waals surface area contributed by atoms with Crippen LogP contribution in [-0.2, 0) is 25.7 Å². The SMILES string of the molecule is Cc1cccc(C(COc2ccc(CC3SC(=O)NC3=O)cc2)OS(N)(=O)=O)c1. The van der Waals surface area contributed by atoms with Crippen LogP contribution in [0.1, 0.15) is 22.8 Å². The van der Waals surface area contributed by atoms with Crippen molar-refractivity contribution >= 4 is 33.2 Å². The Labute approximate surface area is 173 Å². The quantitative estimate of drug-likeness (QED) is 0.650. The zero-order chi connectivity index (χ0) is 21.0. The third-order valence-electron chi connectivity index (χ3n) is 4.18. The van der Waals surface area contributed by atoms with Gasteiger partial charge in [0.2, 0.25) is 5.91 Å². The molecule has 2 amide bonds. The normalized spacial score (nSPS) is 17.8. The highest BCUT2D eigenvalue weighted by Gasteiger charge is 2.31. The number of amides is 2. The first-order valence-corrected chi connectivity index (χ1v) is 11.1. The molecule has 154 valence electrons. The maximum Gasteiger partial charge on any atom is 0.333 e. The predicted octanol–water partition coefficient (Wildman–Crippen LogP) is 2.23. The van der Waals surface area contributed by atoms with Crippen molar-refractivity contribution in [3.8, 4) is 5.75 Å². The van der Waals surface area contributed by atoms with Crippen LogP contribution in [0.4, 0.5) is 4.79 Å². The number of rotatable bonds is 8. The van der Waals surface area contributed by atoms with Gasteiger partial charge in [0.15, 0.2) is 0 Å². The van der Waals surface area contributed by atoms with Gasteiger partial charge in [0.25, 0.3) is 5.24 Å². The van der Waals surface area contributed by atoms with Gasteiger partial charge in [-0.25, -0.2) is 9.32 Å². The zero-order valence-corrected chi connectivity index (χ0v) is 17.2. The number of aryl methyl sites for hydroxylation is 1. The highest BCUT2D eigenvalue weighted by molar-refractivity contribution is 8.15. The number of benzene rings is 2. The minimum Gasteiger partial charge on any atom is -0.490 e. The second-order valence-electron chi connectivity index (χ2n) is 6.53. The summed E-state index contributed by atoms with van der Waals surface area (Å²) in [6.45, 7) is 1.82. The van der Waals surface area contributed by atoms with Crippen LogP contribution < -0.4 is 15.2 Å². The Hall–Kier alpha value is -2.40. The van der Waals surface area contributed by atoms with Crippen molar-refractivity contribution in [3.63, 3.8) is 0 Å². The van der Waals surface area contributed by atoms with Crippen LogP contribution in [0.25, 0.3) is 0 Å². The smallest absolute Gasteiger partial charge is 0.333 e. The molecule has 0 aromatic heterocycles. The second-order valence-corrected chi connectivity index (χ2v) is 8.89. The van der Waals surface area contributed by atoms with Crippen LogP contribution >= 0.6 is 11.8 Å². The molecule has 0 saturated carbocycles. The molecule has 0 spiro atoms. The fraction of sp³-hybridized carbons (Fsp3) is 0.263. The molecule has 1 aliphatic rings. The van der Waals surface area contributed by atoms with E-state index >= 15 is 0 Å². The van der Waals surface area contributed by atoms with E-state index < -0.39 is 21.7 Å². The van der Waals surface area contributed by atoms with Gasteiger partial charge in [-0.05, 0) is 36.6 Å². The van der Waals surface area contributed by atoms with E-state index in [2.05, 4.69) is 5.32 Å². The maximum atomic E-state index is 11.7. The van der Waals surface area contributed by atoms with E-state index in [1.54, 1.807) is 42.5 Å². The molecule has 3 N–H and O–H groups in total. The average Bonchev–Trinajstić information content (AvgIpc) is 2.96. The van der Waals surface area contributed by atoms with Gasteiger partial charge >= 0.3 is 10.3 Å². The fourth-order valence-electron chi connectivity index (χ4n) is 2.85. The summed E-state index contributed by atoms with van der Waals surface area (Å²) in [7, 11) is -4.17. The lowest BCUT2D eigenvalue weighted by Gasteiger charge is -2.18. The van der Waals surface area contributed by atoms with Crippen LogP contribution in [0.3, 0.4) is 0 Å². The fourth-order valence-corrected chi connectivity index (χ4v) is 4.20. The molecule has 29 heavy (non-hydrogen) atoms. The standard InChI is InChI=1S/C19H20N2O6S2/c1-12-3-2-4-14(9-12)16(27-29(20,24)25)11-26-15-7-5-13(6-8-15)10-17-18(22)21-19(23)28-17/h2-9,16-17H,10-11H2,1H3,(H2,20,24,25)(H,21,22,23). The van der Waals surface area contributed by atoms with Gasteiger partial charge in [-0.2, -0.15) is 8.42 Å². The Morgan fingerprint density at radius 3 is 2.48 bits per heavy atom. The number of nitrogens with two attached hydrogens (primary N) is 1. The van der Waals surface area contributed by atoms with E-state index in [4.69, 9.17) is 14.1 Å². The monoisotopic (exact) mass is 436 g/mol. The summed E-state index contributed by atoms with van der Waals surface area (Å²) in [5.41, 5.74) is 2.45. The van der Waals surface area contributed by atoms with Crippen molar-refractivity contribution in [3.05, 3.63) is 65.2 Å². The maximum absolute atomic E-state index is 11.7. The Balaban J connectivity index is 1.64. The minimum atomic E-state index is -4.17. The van der Waals surface area contributed by atoms with Gasteiger partial charge in [-0.15, -0.1) is 0 Å². The van der Waals surface area contributed by atoms with Gasteiger partial charge in [-0.1, -0.05) is 53.7 Å². The minimum absolute atomic E-state index is 0.0609. The van der Waals surface area contributed by atoms with Crippen molar-refractivity contribution in [2.24, 2.45) is 5.14 Å². The van der Waals surface area contributed by atoms with E-state index in [-0.39, 0.29) is 17.8 Å². The largest absolute Gasteiger partial charge is 0.490 e. The summed E-state index contributed by atoms with van der Waals surface area (Å²) in [5.74, 6) is 0.213. The van der Waals surface area contributed by atoms with Gasteiger partial charge in [-0.3, -0.25) is 14.9 Å². The number of imide groups is 1. The van der Waals surface area contributed by atoms with Crippen LogP contribution in [0.5, 0.6) is 5.75 Å². The van der Waals surface area contributed by atoms with Crippen molar-refractivity contribution < 1.29 is 26.9 Å². The van der Waals surface area contributed by atoms with Gasteiger partial charge < -0.3 is 4.74 Å². The molecule has 2 atom stereocenters. The molecule has 1 fully saturated rings. The van der Waals surface area contributed by atoms with Crippen molar-refractivity contribution in [1.29, 1.82) is 0 Å². The van der Waals surface area contributed by atoms with Crippen LogP contribution in [-0.4, -0.2) is 31.4 Å². The van der Waals surface area contributed by atoms with Gasteiger partial charge in [0, 0.05) is 0 Å². The second kappa shape index (κ2) is 8.95. The number of hydrogen-bond acceptors (Lipinski definition) is 7. The van der Waals surface area contributed by atoms with Crippen molar-refractivity contribution in [2.45, 2.75) is 24.7 Å². The lowest BCUT2D eigenvalue weighted by atomic mass is 10.1. The first kappa shape index (κ1) is 21.3. The van der Waals surface area contributed by atoms with E-state index in [0.29, 0.717) is 17.7 Å². The highest BCUT2D eigenvalue weighted by atomic mass is 32.2. The molecule has 10 heteroatoms. The summed E-state index contributed by atoms with van der Waals surface area (Å²) < 4.78 is 33.5. The van der Waals surface area contributed by atoms with Gasteiger partial charge in [0.05, 0.1) is 5.25 Å². The molecule has 1 aliphatic heterocycles. The molecule has 1 saturated heterocycles. The zero-order valence-electron chi connectivity index (χ0n) is 15.5. The first-order chi connectivity index (χ1) is 13.7. The summed E-state index contributed by atoms with van der Waals surface area (Å²) in [4.78, 5) is 22.9. The summed E-state index contributed by atoms with van der Waals surface area (Å²) >= 11 is 0.975. The summed E-state index contributed by atoms with van der Waals surface area (Å²) in [6, 6.07) is 14.2. The Morgan fingerprint density at radius 2 is 1.90 bits per heavy atom. The Kier molecular flexibility index (Phi) is 6.58. The number of hydrogen-bond donors (Lipinski definition) is 2. The number of carbonyl (C=O) groups is 2. The third-order valence-corrected chi connectivity index (χ3v) is 5.66. The molecule has 2 aromatic carbocycles. The molecular weight excluding hydrogens is 416 g/mol. The summed E-state index contributed by atoms with van der Waals surface area (Å²) in [6.07, 6.45) is -0.475. The molecule has 8 nitrogen and oxygen atoms in total. The number of ether oxygens (including phenoxy) is 1. The molecule has 0 radical (unpaired) electrons. The molecule has 2 aromatic rings. The van der Waals surface area contributed by atoms with E-state index in [9.17, 15) is 18.0 Å². The molecule has 2 unspecified atom stereocenters.